The summed E-state index contributed by atoms with van der Waals surface area (Å²) in [5.41, 5.74) is 1.09. The Morgan fingerprint density at radius 1 is 1.12 bits per heavy atom. The largest absolute Gasteiger partial charge is 0.435 e. The number of hydrogen-bond acceptors (Lipinski definition) is 4. The summed E-state index contributed by atoms with van der Waals surface area (Å²) >= 11 is 5.76. The lowest BCUT2D eigenvalue weighted by atomic mass is 10.0. The third-order valence-electron chi connectivity index (χ3n) is 5.18. The van der Waals surface area contributed by atoms with Gasteiger partial charge in [0.2, 0.25) is 12.0 Å². The molecule has 1 heterocycles. The molecule has 172 valence electrons. The minimum absolute atomic E-state index is 0.149. The molecule has 1 fully saturated rings. The fraction of sp³-hybridized carbons (Fsp3) is 0.364. The van der Waals surface area contributed by atoms with Gasteiger partial charge in [-0.2, -0.15) is 13.2 Å². The Bertz CT molecular complexity index is 926. The van der Waals surface area contributed by atoms with Gasteiger partial charge >= 0.3 is 12.3 Å². The van der Waals surface area contributed by atoms with Crippen molar-refractivity contribution in [1.29, 1.82) is 0 Å². The number of hydrogen-bond donors (Lipinski definition) is 1. The van der Waals surface area contributed by atoms with Gasteiger partial charge in [-0.05, 0) is 29.8 Å². The molecule has 0 spiro atoms. The van der Waals surface area contributed by atoms with Crippen LogP contribution in [0.3, 0.4) is 0 Å². The van der Waals surface area contributed by atoms with Crippen LogP contribution in [-0.2, 0) is 9.53 Å². The number of ether oxygens (including phenoxy) is 1. The van der Waals surface area contributed by atoms with E-state index in [0.29, 0.717) is 5.02 Å². The molecule has 1 aliphatic rings. The molecule has 0 saturated carbocycles. The van der Waals surface area contributed by atoms with E-state index in [4.69, 9.17) is 16.3 Å². The Hall–Kier alpha value is -2.78. The van der Waals surface area contributed by atoms with Crippen LogP contribution < -0.4 is 5.32 Å². The number of nitrogens with one attached hydrogen (secondary N) is 1. The zero-order valence-electron chi connectivity index (χ0n) is 17.3. The lowest BCUT2D eigenvalue weighted by Crippen LogP contribution is -2.54. The summed E-state index contributed by atoms with van der Waals surface area (Å²) in [6.45, 7) is 1.60. The molecular formula is C22H23ClF3N3O3. The van der Waals surface area contributed by atoms with Crippen LogP contribution in [0.2, 0.25) is 5.02 Å². The third kappa shape index (κ3) is 6.37. The third-order valence-corrected chi connectivity index (χ3v) is 5.43. The number of piperazine rings is 1. The predicted molar refractivity (Wildman–Crippen MR) is 114 cm³/mol. The zero-order valence-corrected chi connectivity index (χ0v) is 18.1. The van der Waals surface area contributed by atoms with Gasteiger partial charge in [0.05, 0.1) is 6.04 Å². The highest BCUT2D eigenvalue weighted by Gasteiger charge is 2.45. The first-order chi connectivity index (χ1) is 15.1. The summed E-state index contributed by atoms with van der Waals surface area (Å²) in [5, 5.41) is 2.70. The first-order valence-corrected chi connectivity index (χ1v) is 10.4. The maximum absolute atomic E-state index is 13.6. The van der Waals surface area contributed by atoms with Gasteiger partial charge in [0.15, 0.2) is 0 Å². The Labute approximate surface area is 188 Å². The quantitative estimate of drug-likeness (QED) is 0.688. The second-order valence-corrected chi connectivity index (χ2v) is 7.90. The van der Waals surface area contributed by atoms with Crippen molar-refractivity contribution in [3.63, 3.8) is 0 Å². The van der Waals surface area contributed by atoms with Crippen LogP contribution in [0.25, 0.3) is 0 Å². The second kappa shape index (κ2) is 10.2. The molecule has 1 N–H and O–H groups in total. The van der Waals surface area contributed by atoms with E-state index in [1.807, 2.05) is 30.3 Å². The minimum atomic E-state index is -4.75. The summed E-state index contributed by atoms with van der Waals surface area (Å²) in [6.07, 6.45) is -8.29. The maximum atomic E-state index is 13.6. The molecule has 6 nitrogen and oxygen atoms in total. The van der Waals surface area contributed by atoms with Crippen molar-refractivity contribution < 1.29 is 27.5 Å². The molecule has 1 saturated heterocycles. The standard InChI is InChI=1S/C22H23ClF3N3O3/c1-15(30)29-12-11-28(13-19(29)16-5-3-2-4-6-16)14-20(22(24,25)26)32-21(31)27-18-9-7-17(23)8-10-18/h2-10,19-20H,11-14H2,1H3,(H,27,31)/t19-,20?/m1/s1. The Kier molecular flexibility index (Phi) is 7.63. The summed E-state index contributed by atoms with van der Waals surface area (Å²) in [6, 6.07) is 14.6. The number of benzene rings is 2. The topological polar surface area (TPSA) is 61.9 Å². The van der Waals surface area contributed by atoms with Crippen LogP contribution in [0, 0.1) is 0 Å². The van der Waals surface area contributed by atoms with Crippen molar-refractivity contribution in [3.05, 3.63) is 65.2 Å². The van der Waals surface area contributed by atoms with Crippen molar-refractivity contribution >= 4 is 29.3 Å². The second-order valence-electron chi connectivity index (χ2n) is 7.47. The van der Waals surface area contributed by atoms with E-state index in [0.717, 1.165) is 5.56 Å². The fourth-order valence-corrected chi connectivity index (χ4v) is 3.72. The van der Waals surface area contributed by atoms with Crippen LogP contribution in [0.4, 0.5) is 23.7 Å². The van der Waals surface area contributed by atoms with E-state index >= 15 is 0 Å². The van der Waals surface area contributed by atoms with Crippen LogP contribution >= 0.6 is 11.6 Å². The lowest BCUT2D eigenvalue weighted by Gasteiger charge is -2.42. The molecule has 0 bridgehead atoms. The summed E-state index contributed by atoms with van der Waals surface area (Å²) in [5.74, 6) is -0.149. The predicted octanol–water partition coefficient (Wildman–Crippen LogP) is 4.72. The van der Waals surface area contributed by atoms with E-state index in [-0.39, 0.29) is 37.3 Å². The Morgan fingerprint density at radius 2 is 1.78 bits per heavy atom. The van der Waals surface area contributed by atoms with Gasteiger partial charge in [0.1, 0.15) is 0 Å². The van der Waals surface area contributed by atoms with Gasteiger partial charge < -0.3 is 9.64 Å². The van der Waals surface area contributed by atoms with E-state index in [9.17, 15) is 22.8 Å². The Balaban J connectivity index is 1.69. The number of alkyl halides is 3. The number of rotatable bonds is 5. The number of carbonyl (C=O) groups excluding carboxylic acids is 2. The first-order valence-electron chi connectivity index (χ1n) is 9.98. The normalized spacial score (nSPS) is 18.2. The molecular weight excluding hydrogens is 447 g/mol. The van der Waals surface area contributed by atoms with Crippen LogP contribution in [0.5, 0.6) is 0 Å². The molecule has 3 rings (SSSR count). The number of carbonyl (C=O) groups is 2. The SMILES string of the molecule is CC(=O)N1CCN(CC(OC(=O)Nc2ccc(Cl)cc2)C(F)(F)F)C[C@@H]1c1ccccc1. The number of nitrogens with zero attached hydrogens (tertiary/aromatic N) is 2. The molecule has 2 aromatic rings. The van der Waals surface area contributed by atoms with E-state index in [1.54, 1.807) is 9.80 Å². The molecule has 2 amide bonds. The first kappa shape index (κ1) is 23.9. The summed E-state index contributed by atoms with van der Waals surface area (Å²) in [7, 11) is 0. The van der Waals surface area contributed by atoms with Gasteiger partial charge in [-0.1, -0.05) is 41.9 Å². The van der Waals surface area contributed by atoms with E-state index < -0.39 is 24.9 Å². The highest BCUT2D eigenvalue weighted by atomic mass is 35.5. The highest BCUT2D eigenvalue weighted by molar-refractivity contribution is 6.30. The molecule has 0 radical (unpaired) electrons. The molecule has 1 aliphatic heterocycles. The number of amides is 2. The van der Waals surface area contributed by atoms with Gasteiger partial charge in [-0.3, -0.25) is 15.0 Å². The minimum Gasteiger partial charge on any atom is -0.435 e. The molecule has 2 atom stereocenters. The summed E-state index contributed by atoms with van der Waals surface area (Å²) in [4.78, 5) is 27.3. The van der Waals surface area contributed by atoms with Crippen molar-refractivity contribution in [2.24, 2.45) is 0 Å². The maximum Gasteiger partial charge on any atom is 0.426 e. The fourth-order valence-electron chi connectivity index (χ4n) is 3.59. The van der Waals surface area contributed by atoms with Crippen LogP contribution in [-0.4, -0.2) is 60.3 Å². The van der Waals surface area contributed by atoms with E-state index in [1.165, 1.54) is 31.2 Å². The van der Waals surface area contributed by atoms with Gasteiger partial charge in [0.25, 0.3) is 0 Å². The Morgan fingerprint density at radius 3 is 2.38 bits per heavy atom. The highest BCUT2D eigenvalue weighted by Crippen LogP contribution is 2.29. The monoisotopic (exact) mass is 469 g/mol. The van der Waals surface area contributed by atoms with Crippen LogP contribution in [0.15, 0.2) is 54.6 Å². The van der Waals surface area contributed by atoms with Crippen molar-refractivity contribution in [2.45, 2.75) is 25.2 Å². The average molecular weight is 470 g/mol. The van der Waals surface area contributed by atoms with Crippen molar-refractivity contribution in [3.8, 4) is 0 Å². The van der Waals surface area contributed by atoms with E-state index in [2.05, 4.69) is 5.32 Å². The smallest absolute Gasteiger partial charge is 0.426 e. The molecule has 32 heavy (non-hydrogen) atoms. The molecule has 0 aliphatic carbocycles. The lowest BCUT2D eigenvalue weighted by molar-refractivity contribution is -0.208. The number of anilines is 1. The summed E-state index contributed by atoms with van der Waals surface area (Å²) < 4.78 is 45.7. The van der Waals surface area contributed by atoms with Crippen LogP contribution in [0.1, 0.15) is 18.5 Å². The average Bonchev–Trinajstić information content (AvgIpc) is 2.74. The molecule has 0 aromatic heterocycles. The molecule has 10 heteroatoms. The molecule has 2 aromatic carbocycles. The van der Waals surface area contributed by atoms with Crippen molar-refractivity contribution in [1.82, 2.24) is 9.80 Å². The van der Waals surface area contributed by atoms with Gasteiger partial charge in [-0.15, -0.1) is 0 Å². The van der Waals surface area contributed by atoms with Gasteiger partial charge in [0, 0.05) is 43.8 Å². The van der Waals surface area contributed by atoms with Crippen molar-refractivity contribution in [2.75, 3.05) is 31.5 Å². The molecule has 1 unspecified atom stereocenters. The van der Waals surface area contributed by atoms with Gasteiger partial charge in [-0.25, -0.2) is 4.79 Å². The number of halogens is 4. The zero-order chi connectivity index (χ0) is 23.3.